The van der Waals surface area contributed by atoms with Crippen LogP contribution in [-0.4, -0.2) is 29.1 Å². The van der Waals surface area contributed by atoms with Crippen LogP contribution in [0.4, 0.5) is 5.82 Å². The Labute approximate surface area is 122 Å². The van der Waals surface area contributed by atoms with Gasteiger partial charge in [0, 0.05) is 30.3 Å². The molecule has 1 aromatic heterocycles. The van der Waals surface area contributed by atoms with Crippen LogP contribution < -0.4 is 10.6 Å². The molecule has 1 aromatic rings. The minimum absolute atomic E-state index is 0.341. The Hall–Kier alpha value is -1.16. The summed E-state index contributed by atoms with van der Waals surface area (Å²) in [5, 5.41) is 7.12. The molecule has 4 nitrogen and oxygen atoms in total. The van der Waals surface area contributed by atoms with Crippen LogP contribution in [0.25, 0.3) is 0 Å². The van der Waals surface area contributed by atoms with Crippen LogP contribution in [0.5, 0.6) is 0 Å². The topological polar surface area (TPSA) is 49.8 Å². The minimum atomic E-state index is 0.341. The smallest absolute Gasteiger partial charge is 0.133 e. The Morgan fingerprint density at radius 1 is 1.40 bits per heavy atom. The molecule has 1 saturated heterocycles. The fraction of sp³-hybridized carbons (Fsp3) is 0.750. The number of aryl methyl sites for hydroxylation is 1. The fourth-order valence-electron chi connectivity index (χ4n) is 2.77. The molecule has 1 atom stereocenters. The molecule has 2 heterocycles. The molecule has 20 heavy (non-hydrogen) atoms. The van der Waals surface area contributed by atoms with Gasteiger partial charge in [0.1, 0.15) is 11.6 Å². The molecule has 0 saturated carbocycles. The van der Waals surface area contributed by atoms with Crippen LogP contribution in [0.3, 0.4) is 0 Å². The molecule has 0 amide bonds. The van der Waals surface area contributed by atoms with E-state index in [-0.39, 0.29) is 0 Å². The Balaban J connectivity index is 2.03. The molecule has 1 unspecified atom stereocenters. The number of piperidine rings is 1. The van der Waals surface area contributed by atoms with Crippen LogP contribution in [0, 0.1) is 12.3 Å². The number of nitrogens with one attached hydrogen (secondary N) is 2. The number of rotatable bonds is 4. The van der Waals surface area contributed by atoms with Crippen molar-refractivity contribution in [2.45, 2.75) is 59.4 Å². The van der Waals surface area contributed by atoms with Crippen LogP contribution >= 0.6 is 0 Å². The van der Waals surface area contributed by atoms with Gasteiger partial charge in [0.25, 0.3) is 0 Å². The van der Waals surface area contributed by atoms with Gasteiger partial charge in [-0.1, -0.05) is 27.7 Å². The first-order valence-corrected chi connectivity index (χ1v) is 7.71. The van der Waals surface area contributed by atoms with Crippen molar-refractivity contribution in [3.05, 3.63) is 17.6 Å². The molecule has 1 aliphatic heterocycles. The van der Waals surface area contributed by atoms with Crippen LogP contribution in [0.15, 0.2) is 6.07 Å². The van der Waals surface area contributed by atoms with E-state index in [0.717, 1.165) is 30.4 Å². The summed E-state index contributed by atoms with van der Waals surface area (Å²) in [4.78, 5) is 9.11. The number of hydrogen-bond acceptors (Lipinski definition) is 4. The molecule has 0 aromatic carbocycles. The van der Waals surface area contributed by atoms with Crippen molar-refractivity contribution in [1.82, 2.24) is 15.3 Å². The molecule has 112 valence electrons. The predicted molar refractivity (Wildman–Crippen MR) is 84.2 cm³/mol. The molecule has 0 radical (unpaired) electrons. The average Bonchev–Trinajstić information content (AvgIpc) is 2.36. The predicted octanol–water partition coefficient (Wildman–Crippen LogP) is 3.10. The van der Waals surface area contributed by atoms with E-state index in [1.165, 1.54) is 12.8 Å². The molecule has 0 bridgehead atoms. The Morgan fingerprint density at radius 2 is 2.15 bits per heavy atom. The molecule has 4 heteroatoms. The maximum Gasteiger partial charge on any atom is 0.133 e. The largest absolute Gasteiger partial charge is 0.368 e. The van der Waals surface area contributed by atoms with Gasteiger partial charge < -0.3 is 10.6 Å². The van der Waals surface area contributed by atoms with Crippen molar-refractivity contribution < 1.29 is 0 Å². The maximum atomic E-state index is 4.62. The third kappa shape index (κ3) is 3.69. The van der Waals surface area contributed by atoms with Gasteiger partial charge >= 0.3 is 0 Å². The molecule has 0 spiro atoms. The van der Waals surface area contributed by atoms with Gasteiger partial charge in [-0.25, -0.2) is 9.97 Å². The van der Waals surface area contributed by atoms with Crippen molar-refractivity contribution >= 4 is 5.82 Å². The van der Waals surface area contributed by atoms with Gasteiger partial charge in [-0.2, -0.15) is 0 Å². The van der Waals surface area contributed by atoms with Gasteiger partial charge in [-0.05, 0) is 31.7 Å². The van der Waals surface area contributed by atoms with Gasteiger partial charge in [0.05, 0.1) is 0 Å². The van der Waals surface area contributed by atoms with E-state index in [4.69, 9.17) is 0 Å². The quantitative estimate of drug-likeness (QED) is 0.887. The van der Waals surface area contributed by atoms with E-state index in [9.17, 15) is 0 Å². The summed E-state index contributed by atoms with van der Waals surface area (Å²) >= 11 is 0. The molecular weight excluding hydrogens is 248 g/mol. The van der Waals surface area contributed by atoms with E-state index in [2.05, 4.69) is 48.3 Å². The van der Waals surface area contributed by atoms with E-state index in [1.54, 1.807) is 0 Å². The van der Waals surface area contributed by atoms with Crippen LogP contribution in [0.2, 0.25) is 0 Å². The van der Waals surface area contributed by atoms with Crippen LogP contribution in [-0.2, 0) is 0 Å². The Bertz CT molecular complexity index is 454. The fourth-order valence-corrected chi connectivity index (χ4v) is 2.77. The molecular formula is C16H28N4. The summed E-state index contributed by atoms with van der Waals surface area (Å²) < 4.78 is 0. The monoisotopic (exact) mass is 276 g/mol. The second-order valence-corrected chi connectivity index (χ2v) is 6.89. The standard InChI is InChI=1S/C16H28N4/c1-11(2)15-19-12(3)9-14(20-15)18-10-13-16(4,5)7-6-8-17-13/h9,11,13,17H,6-8,10H2,1-5H3,(H,18,19,20). The lowest BCUT2D eigenvalue weighted by atomic mass is 9.77. The summed E-state index contributed by atoms with van der Waals surface area (Å²) in [6.07, 6.45) is 2.56. The zero-order valence-electron chi connectivity index (χ0n) is 13.5. The van der Waals surface area contributed by atoms with Gasteiger partial charge in [-0.3, -0.25) is 0 Å². The highest BCUT2D eigenvalue weighted by atomic mass is 15.1. The number of anilines is 1. The zero-order chi connectivity index (χ0) is 14.8. The summed E-state index contributed by atoms with van der Waals surface area (Å²) in [5.74, 6) is 2.23. The molecule has 2 N–H and O–H groups in total. The molecule has 1 aliphatic rings. The highest BCUT2D eigenvalue weighted by Crippen LogP contribution is 2.30. The van der Waals surface area contributed by atoms with Crippen molar-refractivity contribution in [2.75, 3.05) is 18.4 Å². The average molecular weight is 276 g/mol. The lowest BCUT2D eigenvalue weighted by Crippen LogP contribution is -2.50. The summed E-state index contributed by atoms with van der Waals surface area (Å²) in [7, 11) is 0. The molecule has 1 fully saturated rings. The van der Waals surface area contributed by atoms with E-state index in [0.29, 0.717) is 17.4 Å². The second-order valence-electron chi connectivity index (χ2n) is 6.89. The Morgan fingerprint density at radius 3 is 2.80 bits per heavy atom. The van der Waals surface area contributed by atoms with Gasteiger partial charge in [-0.15, -0.1) is 0 Å². The third-order valence-electron chi connectivity index (χ3n) is 4.21. The van der Waals surface area contributed by atoms with Gasteiger partial charge in [0.15, 0.2) is 0 Å². The van der Waals surface area contributed by atoms with E-state index >= 15 is 0 Å². The normalized spacial score (nSPS) is 22.0. The summed E-state index contributed by atoms with van der Waals surface area (Å²) in [6, 6.07) is 2.52. The van der Waals surface area contributed by atoms with Crippen molar-refractivity contribution in [3.63, 3.8) is 0 Å². The highest BCUT2D eigenvalue weighted by Gasteiger charge is 2.31. The first-order valence-electron chi connectivity index (χ1n) is 7.71. The highest BCUT2D eigenvalue weighted by molar-refractivity contribution is 5.36. The molecule has 2 rings (SSSR count). The lowest BCUT2D eigenvalue weighted by molar-refractivity contribution is 0.188. The lowest BCUT2D eigenvalue weighted by Gasteiger charge is -2.39. The number of nitrogens with zero attached hydrogens (tertiary/aromatic N) is 2. The van der Waals surface area contributed by atoms with Gasteiger partial charge in [0.2, 0.25) is 0 Å². The van der Waals surface area contributed by atoms with Crippen LogP contribution in [0.1, 0.15) is 58.0 Å². The third-order valence-corrected chi connectivity index (χ3v) is 4.21. The number of aromatic nitrogens is 2. The molecule has 0 aliphatic carbocycles. The second kappa shape index (κ2) is 6.08. The first-order chi connectivity index (χ1) is 9.38. The van der Waals surface area contributed by atoms with Crippen molar-refractivity contribution in [3.8, 4) is 0 Å². The number of hydrogen-bond donors (Lipinski definition) is 2. The van der Waals surface area contributed by atoms with Crippen molar-refractivity contribution in [2.24, 2.45) is 5.41 Å². The summed E-state index contributed by atoms with van der Waals surface area (Å²) in [5.41, 5.74) is 1.37. The Kier molecular flexibility index (Phi) is 4.63. The SMILES string of the molecule is Cc1cc(NCC2NCCCC2(C)C)nc(C(C)C)n1. The van der Waals surface area contributed by atoms with E-state index < -0.39 is 0 Å². The maximum absolute atomic E-state index is 4.62. The zero-order valence-corrected chi connectivity index (χ0v) is 13.5. The van der Waals surface area contributed by atoms with Crippen molar-refractivity contribution in [1.29, 1.82) is 0 Å². The first kappa shape index (κ1) is 15.2. The minimum Gasteiger partial charge on any atom is -0.368 e. The summed E-state index contributed by atoms with van der Waals surface area (Å²) in [6.45, 7) is 13.0. The van der Waals surface area contributed by atoms with E-state index in [1.807, 2.05) is 13.0 Å².